The third kappa shape index (κ3) is 3.68. The highest BCUT2D eigenvalue weighted by Crippen LogP contribution is 2.29. The Morgan fingerprint density at radius 2 is 2.14 bits per heavy atom. The van der Waals surface area contributed by atoms with Crippen molar-refractivity contribution in [3.63, 3.8) is 0 Å². The predicted octanol–water partition coefficient (Wildman–Crippen LogP) is 1.35. The molecule has 0 radical (unpaired) electrons. The van der Waals surface area contributed by atoms with E-state index < -0.39 is 31.4 Å². The molecule has 0 saturated carbocycles. The minimum Gasteiger partial charge on any atom is -0.399 e. The van der Waals surface area contributed by atoms with E-state index in [1.165, 1.54) is 6.07 Å². The van der Waals surface area contributed by atoms with Gasteiger partial charge in [-0.2, -0.15) is 9.57 Å². The molecule has 0 bridgehead atoms. The molecule has 2 N–H and O–H groups in total. The zero-order valence-corrected chi connectivity index (χ0v) is 12.5. The molecule has 0 aromatic heterocycles. The maximum atomic E-state index is 12.5. The van der Waals surface area contributed by atoms with Gasteiger partial charge in [0.2, 0.25) is 10.0 Å². The quantitative estimate of drug-likeness (QED) is 0.479. The summed E-state index contributed by atoms with van der Waals surface area (Å²) in [6.07, 6.45) is 0. The normalized spacial score (nSPS) is 12.9. The Hall–Kier alpha value is -2.18. The fourth-order valence-corrected chi connectivity index (χ4v) is 3.50. The van der Waals surface area contributed by atoms with Crippen molar-refractivity contribution in [3.8, 4) is 6.07 Å². The molecule has 0 spiro atoms. The minimum atomic E-state index is -4.09. The monoisotopic (exact) mass is 312 g/mol. The van der Waals surface area contributed by atoms with Crippen LogP contribution in [0.2, 0.25) is 0 Å². The summed E-state index contributed by atoms with van der Waals surface area (Å²) in [4.78, 5) is 9.77. The zero-order valence-electron chi connectivity index (χ0n) is 11.7. The highest BCUT2D eigenvalue weighted by atomic mass is 32.2. The average Bonchev–Trinajstić information content (AvgIpc) is 2.43. The molecule has 0 aliphatic carbocycles. The van der Waals surface area contributed by atoms with Crippen molar-refractivity contribution in [2.75, 3.05) is 18.8 Å². The van der Waals surface area contributed by atoms with Crippen LogP contribution in [0.3, 0.4) is 0 Å². The molecule has 1 unspecified atom stereocenters. The van der Waals surface area contributed by atoms with Gasteiger partial charge in [-0.3, -0.25) is 10.1 Å². The van der Waals surface area contributed by atoms with Crippen molar-refractivity contribution >= 4 is 21.4 Å². The standard InChI is InChI=1S/C12H16N4O4S/c1-3-15(8-9(2)7-13)21(19,20)12-6-10(14)4-5-11(12)16(17)18/h4-6,9H,3,8,14H2,1-2H3. The fourth-order valence-electron chi connectivity index (χ4n) is 1.77. The lowest BCUT2D eigenvalue weighted by atomic mass is 10.2. The van der Waals surface area contributed by atoms with Crippen molar-refractivity contribution in [3.05, 3.63) is 28.3 Å². The molecule has 0 aliphatic heterocycles. The van der Waals surface area contributed by atoms with Crippen molar-refractivity contribution < 1.29 is 13.3 Å². The molecule has 1 rings (SSSR count). The number of nitrogens with two attached hydrogens (primary N) is 1. The number of sulfonamides is 1. The second-order valence-electron chi connectivity index (χ2n) is 4.47. The lowest BCUT2D eigenvalue weighted by molar-refractivity contribution is -0.387. The second-order valence-corrected chi connectivity index (χ2v) is 6.38. The molecule has 9 heteroatoms. The summed E-state index contributed by atoms with van der Waals surface area (Å²) >= 11 is 0. The van der Waals surface area contributed by atoms with E-state index in [2.05, 4.69) is 0 Å². The summed E-state index contributed by atoms with van der Waals surface area (Å²) in [7, 11) is -4.09. The van der Waals surface area contributed by atoms with E-state index in [4.69, 9.17) is 11.0 Å². The summed E-state index contributed by atoms with van der Waals surface area (Å²) in [6, 6.07) is 5.33. The Morgan fingerprint density at radius 1 is 1.52 bits per heavy atom. The smallest absolute Gasteiger partial charge is 0.289 e. The van der Waals surface area contributed by atoms with E-state index in [0.29, 0.717) is 0 Å². The minimum absolute atomic E-state index is 0.0404. The van der Waals surface area contributed by atoms with Crippen LogP contribution in [0.1, 0.15) is 13.8 Å². The van der Waals surface area contributed by atoms with Crippen LogP contribution in [0.25, 0.3) is 0 Å². The number of nitro benzene ring substituents is 1. The SMILES string of the molecule is CCN(CC(C)C#N)S(=O)(=O)c1cc(N)ccc1[N+](=O)[O-]. The van der Waals surface area contributed by atoms with Crippen LogP contribution in [0.5, 0.6) is 0 Å². The van der Waals surface area contributed by atoms with Gasteiger partial charge < -0.3 is 5.73 Å². The molecule has 8 nitrogen and oxygen atoms in total. The first-order chi connectivity index (χ1) is 9.73. The zero-order chi connectivity index (χ0) is 16.2. The van der Waals surface area contributed by atoms with Gasteiger partial charge >= 0.3 is 0 Å². The van der Waals surface area contributed by atoms with Gasteiger partial charge in [0.1, 0.15) is 0 Å². The topological polar surface area (TPSA) is 130 Å². The van der Waals surface area contributed by atoms with Gasteiger partial charge in [-0.05, 0) is 19.1 Å². The Labute approximate surface area is 123 Å². The van der Waals surface area contributed by atoms with E-state index in [1.54, 1.807) is 13.8 Å². The van der Waals surface area contributed by atoms with Gasteiger partial charge in [-0.25, -0.2) is 8.42 Å². The Bertz CT molecular complexity index is 681. The highest BCUT2D eigenvalue weighted by Gasteiger charge is 2.31. The number of rotatable bonds is 6. The Balaban J connectivity index is 3.39. The van der Waals surface area contributed by atoms with Crippen molar-refractivity contribution in [1.29, 1.82) is 5.26 Å². The van der Waals surface area contributed by atoms with Gasteiger partial charge in [0.25, 0.3) is 5.69 Å². The molecular weight excluding hydrogens is 296 g/mol. The molecule has 0 amide bonds. The summed E-state index contributed by atoms with van der Waals surface area (Å²) in [5.41, 5.74) is 5.11. The first-order valence-corrected chi connectivity index (χ1v) is 7.61. The van der Waals surface area contributed by atoms with Crippen LogP contribution in [0.4, 0.5) is 11.4 Å². The number of nitro groups is 1. The molecule has 1 aromatic carbocycles. The second kappa shape index (κ2) is 6.51. The molecule has 1 aromatic rings. The van der Waals surface area contributed by atoms with E-state index in [0.717, 1.165) is 16.4 Å². The van der Waals surface area contributed by atoms with Gasteiger partial charge in [0, 0.05) is 24.8 Å². The van der Waals surface area contributed by atoms with E-state index in [9.17, 15) is 18.5 Å². The number of hydrogen-bond acceptors (Lipinski definition) is 6. The van der Waals surface area contributed by atoms with Crippen molar-refractivity contribution in [2.45, 2.75) is 18.7 Å². The number of nitrogen functional groups attached to an aromatic ring is 1. The van der Waals surface area contributed by atoms with Crippen molar-refractivity contribution in [2.24, 2.45) is 5.92 Å². The number of benzene rings is 1. The lowest BCUT2D eigenvalue weighted by Gasteiger charge is -2.21. The largest absolute Gasteiger partial charge is 0.399 e. The van der Waals surface area contributed by atoms with Crippen molar-refractivity contribution in [1.82, 2.24) is 4.31 Å². The molecule has 0 fully saturated rings. The highest BCUT2D eigenvalue weighted by molar-refractivity contribution is 7.89. The van der Waals surface area contributed by atoms with Gasteiger partial charge in [0.15, 0.2) is 4.90 Å². The summed E-state index contributed by atoms with van der Waals surface area (Å²) in [6.45, 7) is 3.23. The van der Waals surface area contributed by atoms with E-state index in [1.807, 2.05) is 6.07 Å². The Kier molecular flexibility index (Phi) is 5.23. The van der Waals surface area contributed by atoms with Crippen LogP contribution < -0.4 is 5.73 Å². The average molecular weight is 312 g/mol. The third-order valence-electron chi connectivity index (χ3n) is 2.85. The van der Waals surface area contributed by atoms with Gasteiger partial charge in [-0.15, -0.1) is 0 Å². The summed E-state index contributed by atoms with van der Waals surface area (Å²) in [5, 5.41) is 19.8. The number of anilines is 1. The van der Waals surface area contributed by atoms with Crippen LogP contribution in [0.15, 0.2) is 23.1 Å². The third-order valence-corrected chi connectivity index (χ3v) is 4.82. The first-order valence-electron chi connectivity index (χ1n) is 6.17. The van der Waals surface area contributed by atoms with Gasteiger partial charge in [0.05, 0.1) is 16.9 Å². The number of nitriles is 1. The van der Waals surface area contributed by atoms with E-state index in [-0.39, 0.29) is 18.8 Å². The lowest BCUT2D eigenvalue weighted by Crippen LogP contribution is -2.34. The summed E-state index contributed by atoms with van der Waals surface area (Å²) < 4.78 is 26.1. The predicted molar refractivity (Wildman–Crippen MR) is 76.7 cm³/mol. The molecule has 0 saturated heterocycles. The number of hydrogen-bond donors (Lipinski definition) is 1. The van der Waals surface area contributed by atoms with Gasteiger partial charge in [-0.1, -0.05) is 6.92 Å². The molecule has 0 aliphatic rings. The fraction of sp³-hybridized carbons (Fsp3) is 0.417. The molecule has 1 atom stereocenters. The molecule has 0 heterocycles. The maximum Gasteiger partial charge on any atom is 0.289 e. The van der Waals surface area contributed by atoms with E-state index >= 15 is 0 Å². The van der Waals surface area contributed by atoms with Crippen LogP contribution in [-0.4, -0.2) is 30.7 Å². The molecule has 114 valence electrons. The molecular formula is C12H16N4O4S. The summed E-state index contributed by atoms with van der Waals surface area (Å²) in [5.74, 6) is -0.528. The maximum absolute atomic E-state index is 12.5. The van der Waals surface area contributed by atoms with Crippen LogP contribution >= 0.6 is 0 Å². The first kappa shape index (κ1) is 16.9. The van der Waals surface area contributed by atoms with Crippen LogP contribution in [-0.2, 0) is 10.0 Å². The Morgan fingerprint density at radius 3 is 2.62 bits per heavy atom. The van der Waals surface area contributed by atoms with Crippen LogP contribution in [0, 0.1) is 27.4 Å². The number of nitrogens with zero attached hydrogens (tertiary/aromatic N) is 3. The molecule has 21 heavy (non-hydrogen) atoms.